The highest BCUT2D eigenvalue weighted by Gasteiger charge is 2.15. The summed E-state index contributed by atoms with van der Waals surface area (Å²) < 4.78 is 0. The van der Waals surface area contributed by atoms with Gasteiger partial charge in [-0.05, 0) is 33.1 Å². The molecule has 4 nitrogen and oxygen atoms in total. The van der Waals surface area contributed by atoms with E-state index in [0.29, 0.717) is 19.3 Å². The second-order valence-electron chi connectivity index (χ2n) is 3.65. The molecule has 0 amide bonds. The lowest BCUT2D eigenvalue weighted by Crippen LogP contribution is -2.30. The Bertz CT molecular complexity index is 151. The fraction of sp³-hybridized carbons (Fsp3) is 0.875. The van der Waals surface area contributed by atoms with Crippen LogP contribution in [0.3, 0.4) is 0 Å². The third-order valence-electron chi connectivity index (χ3n) is 1.62. The third-order valence-corrected chi connectivity index (χ3v) is 1.62. The number of rotatable bonds is 5. The highest BCUT2D eigenvalue weighted by Crippen LogP contribution is 2.12. The van der Waals surface area contributed by atoms with E-state index >= 15 is 0 Å². The number of carboxylic acids is 1. The van der Waals surface area contributed by atoms with E-state index in [1.54, 1.807) is 13.8 Å². The van der Waals surface area contributed by atoms with Crippen LogP contribution in [-0.2, 0) is 4.79 Å². The highest BCUT2D eigenvalue weighted by molar-refractivity contribution is 5.72. The number of aliphatic hydroxyl groups is 1. The van der Waals surface area contributed by atoms with Gasteiger partial charge in [0.2, 0.25) is 0 Å². The van der Waals surface area contributed by atoms with Crippen LogP contribution >= 0.6 is 0 Å². The Hall–Kier alpha value is -0.610. The summed E-state index contributed by atoms with van der Waals surface area (Å²) in [5.41, 5.74) is 4.54. The van der Waals surface area contributed by atoms with E-state index in [1.807, 2.05) is 0 Å². The van der Waals surface area contributed by atoms with E-state index in [-0.39, 0.29) is 0 Å². The Balaban J connectivity index is 3.51. The summed E-state index contributed by atoms with van der Waals surface area (Å²) in [4.78, 5) is 10.3. The van der Waals surface area contributed by atoms with Crippen LogP contribution in [-0.4, -0.2) is 27.8 Å². The van der Waals surface area contributed by atoms with Crippen molar-refractivity contribution in [3.05, 3.63) is 0 Å². The Morgan fingerprint density at radius 3 is 2.42 bits per heavy atom. The summed E-state index contributed by atoms with van der Waals surface area (Å²) in [5.74, 6) is -0.981. The fourth-order valence-electron chi connectivity index (χ4n) is 0.878. The molecule has 0 aromatic carbocycles. The molecule has 1 atom stereocenters. The predicted octanol–water partition coefficient (Wildman–Crippen LogP) is 0.339. The molecule has 12 heavy (non-hydrogen) atoms. The molecule has 0 rings (SSSR count). The molecule has 0 aromatic heterocycles. The molecule has 4 N–H and O–H groups in total. The minimum absolute atomic E-state index is 0.416. The molecular weight excluding hydrogens is 158 g/mol. The summed E-state index contributed by atoms with van der Waals surface area (Å²) in [7, 11) is 0. The molecule has 72 valence electrons. The maximum Gasteiger partial charge on any atom is 0.320 e. The largest absolute Gasteiger partial charge is 0.480 e. The summed E-state index contributed by atoms with van der Waals surface area (Å²) in [5, 5.41) is 17.7. The molecule has 0 bridgehead atoms. The van der Waals surface area contributed by atoms with Gasteiger partial charge in [-0.25, -0.2) is 0 Å². The van der Waals surface area contributed by atoms with Crippen molar-refractivity contribution in [3.63, 3.8) is 0 Å². The average molecular weight is 175 g/mol. The molecule has 0 heterocycles. The molecule has 0 fully saturated rings. The number of nitrogens with two attached hydrogens (primary N) is 1. The maximum atomic E-state index is 10.3. The summed E-state index contributed by atoms with van der Waals surface area (Å²) in [6.45, 7) is 3.39. The standard InChI is InChI=1S/C8H17NO3/c1-8(2,12)5-3-4-6(9)7(10)11/h6,12H,3-5,9H2,1-2H3,(H,10,11)/t6-/m1/s1. The first kappa shape index (κ1) is 11.4. The van der Waals surface area contributed by atoms with Crippen molar-refractivity contribution < 1.29 is 15.0 Å². The van der Waals surface area contributed by atoms with Crippen LogP contribution in [0.4, 0.5) is 0 Å². The molecular formula is C8H17NO3. The smallest absolute Gasteiger partial charge is 0.320 e. The number of aliphatic carboxylic acids is 1. The number of carboxylic acid groups (broad SMARTS) is 1. The van der Waals surface area contributed by atoms with Crippen LogP contribution in [0.1, 0.15) is 33.1 Å². The van der Waals surface area contributed by atoms with Crippen LogP contribution in [0.2, 0.25) is 0 Å². The fourth-order valence-corrected chi connectivity index (χ4v) is 0.878. The van der Waals surface area contributed by atoms with Crippen LogP contribution in [0, 0.1) is 0 Å². The van der Waals surface area contributed by atoms with Gasteiger partial charge in [0, 0.05) is 0 Å². The van der Waals surface area contributed by atoms with Crippen molar-refractivity contribution >= 4 is 5.97 Å². The van der Waals surface area contributed by atoms with E-state index in [1.165, 1.54) is 0 Å². The highest BCUT2D eigenvalue weighted by atomic mass is 16.4. The lowest BCUT2D eigenvalue weighted by Gasteiger charge is -2.17. The molecule has 0 aromatic rings. The van der Waals surface area contributed by atoms with Crippen molar-refractivity contribution in [2.45, 2.75) is 44.8 Å². The van der Waals surface area contributed by atoms with Crippen molar-refractivity contribution in [2.24, 2.45) is 5.73 Å². The van der Waals surface area contributed by atoms with Gasteiger partial charge in [0.15, 0.2) is 0 Å². The lowest BCUT2D eigenvalue weighted by atomic mass is 10.00. The van der Waals surface area contributed by atoms with Gasteiger partial charge in [-0.2, -0.15) is 0 Å². The molecule has 0 aliphatic heterocycles. The average Bonchev–Trinajstić information content (AvgIpc) is 1.84. The quantitative estimate of drug-likeness (QED) is 0.562. The van der Waals surface area contributed by atoms with Crippen LogP contribution in [0.15, 0.2) is 0 Å². The SMILES string of the molecule is CC(C)(O)CCC[C@@H](N)C(=O)O. The molecule has 0 saturated carbocycles. The Labute approximate surface area is 72.4 Å². The summed E-state index contributed by atoms with van der Waals surface area (Å²) in [6.07, 6.45) is 1.63. The molecule has 0 spiro atoms. The second-order valence-corrected chi connectivity index (χ2v) is 3.65. The van der Waals surface area contributed by atoms with Gasteiger partial charge in [-0.1, -0.05) is 0 Å². The molecule has 0 radical (unpaired) electrons. The predicted molar refractivity (Wildman–Crippen MR) is 45.8 cm³/mol. The Morgan fingerprint density at radius 2 is 2.08 bits per heavy atom. The van der Waals surface area contributed by atoms with Gasteiger partial charge in [0.1, 0.15) is 6.04 Å². The summed E-state index contributed by atoms with van der Waals surface area (Å²) >= 11 is 0. The van der Waals surface area contributed by atoms with E-state index < -0.39 is 17.6 Å². The van der Waals surface area contributed by atoms with Crippen LogP contribution in [0.5, 0.6) is 0 Å². The second kappa shape index (κ2) is 4.42. The first-order chi connectivity index (χ1) is 5.33. The van der Waals surface area contributed by atoms with E-state index in [0.717, 1.165) is 0 Å². The first-order valence-electron chi connectivity index (χ1n) is 4.04. The minimum Gasteiger partial charge on any atom is -0.480 e. The third kappa shape index (κ3) is 6.12. The Morgan fingerprint density at radius 1 is 1.58 bits per heavy atom. The Kier molecular flexibility index (Phi) is 4.20. The van der Waals surface area contributed by atoms with Crippen molar-refractivity contribution in [3.8, 4) is 0 Å². The van der Waals surface area contributed by atoms with Gasteiger partial charge in [-0.15, -0.1) is 0 Å². The van der Waals surface area contributed by atoms with Gasteiger partial charge >= 0.3 is 5.97 Å². The number of hydrogen-bond donors (Lipinski definition) is 3. The maximum absolute atomic E-state index is 10.3. The zero-order chi connectivity index (χ0) is 9.78. The molecule has 0 saturated heterocycles. The van der Waals surface area contributed by atoms with Gasteiger partial charge in [0.05, 0.1) is 5.60 Å². The zero-order valence-electron chi connectivity index (χ0n) is 7.58. The van der Waals surface area contributed by atoms with E-state index in [4.69, 9.17) is 10.8 Å². The molecule has 0 aliphatic carbocycles. The van der Waals surface area contributed by atoms with Crippen molar-refractivity contribution in [1.29, 1.82) is 0 Å². The number of carbonyl (C=O) groups is 1. The van der Waals surface area contributed by atoms with Crippen molar-refractivity contribution in [2.75, 3.05) is 0 Å². The molecule has 0 unspecified atom stereocenters. The molecule has 0 aliphatic rings. The van der Waals surface area contributed by atoms with Crippen LogP contribution < -0.4 is 5.73 Å². The van der Waals surface area contributed by atoms with Crippen LogP contribution in [0.25, 0.3) is 0 Å². The van der Waals surface area contributed by atoms with E-state index in [9.17, 15) is 9.90 Å². The first-order valence-corrected chi connectivity index (χ1v) is 4.04. The van der Waals surface area contributed by atoms with Gasteiger partial charge in [-0.3, -0.25) is 4.79 Å². The van der Waals surface area contributed by atoms with Crippen molar-refractivity contribution in [1.82, 2.24) is 0 Å². The van der Waals surface area contributed by atoms with E-state index in [2.05, 4.69) is 0 Å². The topological polar surface area (TPSA) is 83.5 Å². The normalized spacial score (nSPS) is 14.3. The molecule has 4 heteroatoms. The minimum atomic E-state index is -0.981. The lowest BCUT2D eigenvalue weighted by molar-refractivity contribution is -0.138. The van der Waals surface area contributed by atoms with Gasteiger partial charge in [0.25, 0.3) is 0 Å². The monoisotopic (exact) mass is 175 g/mol. The number of hydrogen-bond acceptors (Lipinski definition) is 3. The zero-order valence-corrected chi connectivity index (χ0v) is 7.58. The summed E-state index contributed by atoms with van der Waals surface area (Å²) in [6, 6.07) is -0.799. The van der Waals surface area contributed by atoms with Gasteiger partial charge < -0.3 is 15.9 Å².